The van der Waals surface area contributed by atoms with E-state index in [0.717, 1.165) is 0 Å². The quantitative estimate of drug-likeness (QED) is 0.618. The predicted molar refractivity (Wildman–Crippen MR) is 87.3 cm³/mol. The van der Waals surface area contributed by atoms with Crippen LogP contribution < -0.4 is 10.2 Å². The minimum absolute atomic E-state index is 0.412. The number of benzene rings is 2. The molecule has 22 heavy (non-hydrogen) atoms. The predicted octanol–water partition coefficient (Wildman–Crippen LogP) is 3.90. The zero-order chi connectivity index (χ0) is 15.9. The molecule has 0 spiro atoms. The lowest BCUT2D eigenvalue weighted by molar-refractivity contribution is -0.139. The number of hydrazone groups is 1. The van der Waals surface area contributed by atoms with Crippen LogP contribution in [0.25, 0.3) is 0 Å². The Morgan fingerprint density at radius 3 is 2.73 bits per heavy atom. The summed E-state index contributed by atoms with van der Waals surface area (Å²) in [5, 5.41) is 13.6. The Labute approximate surface area is 137 Å². The third-order valence-corrected chi connectivity index (χ3v) is 3.33. The SMILES string of the molecule is O=C(O)COc1ccccc1/C=N/Nc1ccc(Cl)c(Cl)c1. The highest BCUT2D eigenvalue weighted by Gasteiger charge is 2.03. The highest BCUT2D eigenvalue weighted by Crippen LogP contribution is 2.25. The number of halogens is 2. The van der Waals surface area contributed by atoms with Crippen LogP contribution in [0, 0.1) is 0 Å². The maximum Gasteiger partial charge on any atom is 0.341 e. The number of nitrogens with one attached hydrogen (secondary N) is 1. The number of carbonyl (C=O) groups is 1. The summed E-state index contributed by atoms with van der Waals surface area (Å²) in [6.07, 6.45) is 1.53. The fraction of sp³-hybridized carbons (Fsp3) is 0.0667. The highest BCUT2D eigenvalue weighted by molar-refractivity contribution is 6.42. The van der Waals surface area contributed by atoms with Gasteiger partial charge in [0.1, 0.15) is 5.75 Å². The summed E-state index contributed by atoms with van der Waals surface area (Å²) in [7, 11) is 0. The molecule has 0 aliphatic rings. The summed E-state index contributed by atoms with van der Waals surface area (Å²) in [4.78, 5) is 10.5. The van der Waals surface area contributed by atoms with E-state index in [1.807, 2.05) is 0 Å². The van der Waals surface area contributed by atoms with Gasteiger partial charge in [0.05, 0.1) is 21.9 Å². The molecule has 0 aliphatic heterocycles. The molecule has 0 atom stereocenters. The Hall–Kier alpha value is -2.24. The van der Waals surface area contributed by atoms with Crippen molar-refractivity contribution >= 4 is 41.1 Å². The largest absolute Gasteiger partial charge is 0.481 e. The Kier molecular flexibility index (Phi) is 5.63. The van der Waals surface area contributed by atoms with Crippen molar-refractivity contribution in [2.75, 3.05) is 12.0 Å². The first kappa shape index (κ1) is 16.1. The number of hydrogen-bond acceptors (Lipinski definition) is 4. The molecule has 0 fully saturated rings. The number of aliphatic carboxylic acids is 1. The van der Waals surface area contributed by atoms with Crippen LogP contribution in [-0.2, 0) is 4.79 Å². The zero-order valence-electron chi connectivity index (χ0n) is 11.3. The molecule has 0 heterocycles. The Morgan fingerprint density at radius 1 is 1.23 bits per heavy atom. The van der Waals surface area contributed by atoms with Gasteiger partial charge in [-0.2, -0.15) is 5.10 Å². The molecule has 2 rings (SSSR count). The molecule has 2 aromatic carbocycles. The van der Waals surface area contributed by atoms with Crippen molar-refractivity contribution in [3.63, 3.8) is 0 Å². The molecular formula is C15H12Cl2N2O3. The van der Waals surface area contributed by atoms with Crippen molar-refractivity contribution in [1.29, 1.82) is 0 Å². The van der Waals surface area contributed by atoms with Crippen LogP contribution in [0.1, 0.15) is 5.56 Å². The van der Waals surface area contributed by atoms with Gasteiger partial charge < -0.3 is 9.84 Å². The Bertz CT molecular complexity index is 705. The van der Waals surface area contributed by atoms with Crippen molar-refractivity contribution in [1.82, 2.24) is 0 Å². The number of nitrogens with zero attached hydrogens (tertiary/aromatic N) is 1. The van der Waals surface area contributed by atoms with E-state index in [4.69, 9.17) is 33.0 Å². The van der Waals surface area contributed by atoms with E-state index in [2.05, 4.69) is 10.5 Å². The molecule has 2 aromatic rings. The lowest BCUT2D eigenvalue weighted by atomic mass is 10.2. The minimum atomic E-state index is -1.04. The topological polar surface area (TPSA) is 70.9 Å². The average molecular weight is 339 g/mol. The van der Waals surface area contributed by atoms with Gasteiger partial charge in [-0.15, -0.1) is 0 Å². The number of para-hydroxylation sites is 1. The average Bonchev–Trinajstić information content (AvgIpc) is 2.50. The summed E-state index contributed by atoms with van der Waals surface area (Å²) < 4.78 is 5.18. The van der Waals surface area contributed by atoms with Crippen molar-refractivity contribution in [3.8, 4) is 5.75 Å². The number of rotatable bonds is 6. The van der Waals surface area contributed by atoms with Gasteiger partial charge >= 0.3 is 5.97 Å². The van der Waals surface area contributed by atoms with Gasteiger partial charge in [0.2, 0.25) is 0 Å². The maximum absolute atomic E-state index is 10.5. The second-order valence-electron chi connectivity index (χ2n) is 4.22. The third kappa shape index (κ3) is 4.65. The van der Waals surface area contributed by atoms with E-state index in [9.17, 15) is 4.79 Å². The first-order valence-electron chi connectivity index (χ1n) is 6.24. The molecular weight excluding hydrogens is 327 g/mol. The van der Waals surface area contributed by atoms with Crippen LogP contribution in [0.2, 0.25) is 10.0 Å². The molecule has 0 saturated carbocycles. The van der Waals surface area contributed by atoms with Crippen LogP contribution in [0.15, 0.2) is 47.6 Å². The smallest absolute Gasteiger partial charge is 0.341 e. The van der Waals surface area contributed by atoms with Crippen molar-refractivity contribution in [2.45, 2.75) is 0 Å². The Balaban J connectivity index is 2.06. The monoisotopic (exact) mass is 338 g/mol. The summed E-state index contributed by atoms with van der Waals surface area (Å²) in [5.41, 5.74) is 4.13. The van der Waals surface area contributed by atoms with Gasteiger partial charge in [0.25, 0.3) is 0 Å². The van der Waals surface area contributed by atoms with Crippen LogP contribution in [0.5, 0.6) is 5.75 Å². The molecule has 0 amide bonds. The molecule has 0 unspecified atom stereocenters. The number of carboxylic acid groups (broad SMARTS) is 1. The van der Waals surface area contributed by atoms with E-state index in [1.165, 1.54) is 6.21 Å². The second kappa shape index (κ2) is 7.68. The zero-order valence-corrected chi connectivity index (χ0v) is 12.8. The van der Waals surface area contributed by atoms with E-state index >= 15 is 0 Å². The fourth-order valence-electron chi connectivity index (χ4n) is 1.60. The van der Waals surface area contributed by atoms with Crippen LogP contribution >= 0.6 is 23.2 Å². The lowest BCUT2D eigenvalue weighted by Crippen LogP contribution is -2.10. The molecule has 2 N–H and O–H groups in total. The molecule has 0 bridgehead atoms. The number of hydrogen-bond donors (Lipinski definition) is 2. The normalized spacial score (nSPS) is 10.6. The molecule has 0 aliphatic carbocycles. The van der Waals surface area contributed by atoms with Gasteiger partial charge in [-0.3, -0.25) is 5.43 Å². The molecule has 5 nitrogen and oxygen atoms in total. The van der Waals surface area contributed by atoms with Crippen molar-refractivity contribution in [3.05, 3.63) is 58.1 Å². The van der Waals surface area contributed by atoms with Crippen molar-refractivity contribution < 1.29 is 14.6 Å². The lowest BCUT2D eigenvalue weighted by Gasteiger charge is -2.06. The fourth-order valence-corrected chi connectivity index (χ4v) is 1.90. The van der Waals surface area contributed by atoms with E-state index < -0.39 is 12.6 Å². The van der Waals surface area contributed by atoms with Crippen molar-refractivity contribution in [2.24, 2.45) is 5.10 Å². The molecule has 7 heteroatoms. The summed E-state index contributed by atoms with van der Waals surface area (Å²) in [6, 6.07) is 12.0. The number of ether oxygens (including phenoxy) is 1. The van der Waals surface area contributed by atoms with E-state index in [1.54, 1.807) is 42.5 Å². The molecule has 0 saturated heterocycles. The molecule has 0 radical (unpaired) electrons. The number of anilines is 1. The summed E-state index contributed by atoms with van der Waals surface area (Å²) in [5.74, 6) is -0.606. The van der Waals surface area contributed by atoms with Crippen LogP contribution in [-0.4, -0.2) is 23.9 Å². The van der Waals surface area contributed by atoms with Gasteiger partial charge in [-0.05, 0) is 30.3 Å². The summed E-state index contributed by atoms with van der Waals surface area (Å²) >= 11 is 11.7. The number of carboxylic acids is 1. The standard InChI is InChI=1S/C15H12Cl2N2O3/c16-12-6-5-11(7-13(12)17)19-18-8-10-3-1-2-4-14(10)22-9-15(20)21/h1-8,19H,9H2,(H,20,21)/b18-8+. The van der Waals surface area contributed by atoms with Crippen LogP contribution in [0.4, 0.5) is 5.69 Å². The second-order valence-corrected chi connectivity index (χ2v) is 5.03. The first-order valence-corrected chi connectivity index (χ1v) is 6.99. The van der Waals surface area contributed by atoms with Crippen LogP contribution in [0.3, 0.4) is 0 Å². The van der Waals surface area contributed by atoms with Gasteiger partial charge in [0.15, 0.2) is 6.61 Å². The first-order chi connectivity index (χ1) is 10.6. The van der Waals surface area contributed by atoms with Gasteiger partial charge in [-0.1, -0.05) is 35.3 Å². The van der Waals surface area contributed by atoms with Gasteiger partial charge in [-0.25, -0.2) is 4.79 Å². The van der Waals surface area contributed by atoms with E-state index in [-0.39, 0.29) is 0 Å². The molecule has 0 aromatic heterocycles. The van der Waals surface area contributed by atoms with E-state index in [0.29, 0.717) is 27.0 Å². The minimum Gasteiger partial charge on any atom is -0.481 e. The highest BCUT2D eigenvalue weighted by atomic mass is 35.5. The van der Waals surface area contributed by atoms with Gasteiger partial charge in [0, 0.05) is 5.56 Å². The maximum atomic E-state index is 10.5. The third-order valence-electron chi connectivity index (χ3n) is 2.59. The Morgan fingerprint density at radius 2 is 2.00 bits per heavy atom. The molecule has 114 valence electrons. The summed E-state index contributed by atoms with van der Waals surface area (Å²) in [6.45, 7) is -0.412.